The third-order valence-electron chi connectivity index (χ3n) is 4.71. The molecule has 0 saturated heterocycles. The molecule has 0 aliphatic heterocycles. The van der Waals surface area contributed by atoms with Crippen LogP contribution in [0.3, 0.4) is 0 Å². The number of ether oxygens (including phenoxy) is 1. The minimum absolute atomic E-state index is 0.311. The predicted molar refractivity (Wildman–Crippen MR) is 85.4 cm³/mol. The van der Waals surface area contributed by atoms with Crippen molar-refractivity contribution in [2.45, 2.75) is 45.4 Å². The lowest BCUT2D eigenvalue weighted by Gasteiger charge is -2.34. The molecule has 1 saturated carbocycles. The quantitative estimate of drug-likeness (QED) is 0.847. The Morgan fingerprint density at radius 3 is 2.50 bits per heavy atom. The van der Waals surface area contributed by atoms with Crippen LogP contribution in [0, 0.1) is 11.8 Å². The van der Waals surface area contributed by atoms with E-state index in [1.807, 2.05) is 0 Å². The van der Waals surface area contributed by atoms with Gasteiger partial charge in [0.25, 0.3) is 0 Å². The van der Waals surface area contributed by atoms with Crippen LogP contribution in [0.1, 0.15) is 45.6 Å². The summed E-state index contributed by atoms with van der Waals surface area (Å²) in [7, 11) is 2.06. The van der Waals surface area contributed by atoms with Gasteiger partial charge in [-0.25, -0.2) is 0 Å². The summed E-state index contributed by atoms with van der Waals surface area (Å²) in [6.45, 7) is 8.61. The van der Waals surface area contributed by atoms with Gasteiger partial charge in [-0.1, -0.05) is 39.3 Å². The molecule has 1 aromatic rings. The molecule has 1 aliphatic rings. The first-order chi connectivity index (χ1) is 9.58. The van der Waals surface area contributed by atoms with Crippen molar-refractivity contribution in [3.63, 3.8) is 0 Å². The van der Waals surface area contributed by atoms with E-state index >= 15 is 0 Å². The zero-order chi connectivity index (χ0) is 14.6. The number of benzene rings is 1. The van der Waals surface area contributed by atoms with Crippen molar-refractivity contribution in [3.8, 4) is 5.75 Å². The van der Waals surface area contributed by atoms with E-state index in [1.54, 1.807) is 0 Å². The highest BCUT2D eigenvalue weighted by molar-refractivity contribution is 5.34. The van der Waals surface area contributed by atoms with Gasteiger partial charge < -0.3 is 10.1 Å². The first-order valence-corrected chi connectivity index (χ1v) is 7.96. The zero-order valence-electron chi connectivity index (χ0n) is 13.4. The molecular weight excluding hydrogens is 246 g/mol. The molecule has 0 radical (unpaired) electrons. The van der Waals surface area contributed by atoms with Crippen molar-refractivity contribution in [2.75, 3.05) is 20.2 Å². The van der Waals surface area contributed by atoms with Crippen molar-refractivity contribution < 1.29 is 4.74 Å². The summed E-state index contributed by atoms with van der Waals surface area (Å²) in [5.41, 5.74) is 1.78. The Hall–Kier alpha value is -1.02. The first kappa shape index (κ1) is 15.4. The highest BCUT2D eigenvalue weighted by Gasteiger charge is 2.40. The van der Waals surface area contributed by atoms with Crippen molar-refractivity contribution in [2.24, 2.45) is 11.8 Å². The van der Waals surface area contributed by atoms with Gasteiger partial charge in [0.05, 0.1) is 6.61 Å². The fourth-order valence-electron chi connectivity index (χ4n) is 3.50. The van der Waals surface area contributed by atoms with Gasteiger partial charge in [0.15, 0.2) is 0 Å². The predicted octanol–water partition coefficient (Wildman–Crippen LogP) is 4.00. The number of hydrogen-bond acceptors (Lipinski definition) is 2. The smallest absolute Gasteiger partial charge is 0.119 e. The van der Waals surface area contributed by atoms with E-state index in [-0.39, 0.29) is 0 Å². The molecule has 20 heavy (non-hydrogen) atoms. The Labute approximate surface area is 123 Å². The Balaban J connectivity index is 2.14. The third kappa shape index (κ3) is 3.17. The SMILES string of the molecule is CNCC1(c2ccc(OCC(C)C)cc2)CCCC1C. The lowest BCUT2D eigenvalue weighted by Crippen LogP contribution is -2.39. The van der Waals surface area contributed by atoms with E-state index in [2.05, 4.69) is 57.4 Å². The highest BCUT2D eigenvalue weighted by Crippen LogP contribution is 2.45. The second-order valence-electron chi connectivity index (χ2n) is 6.71. The molecule has 0 bridgehead atoms. The molecule has 2 nitrogen and oxygen atoms in total. The van der Waals surface area contributed by atoms with Crippen LogP contribution >= 0.6 is 0 Å². The lowest BCUT2D eigenvalue weighted by molar-refractivity contribution is 0.270. The maximum atomic E-state index is 5.79. The second-order valence-corrected chi connectivity index (χ2v) is 6.71. The molecule has 0 heterocycles. The van der Waals surface area contributed by atoms with Crippen LogP contribution in [-0.2, 0) is 5.41 Å². The number of rotatable bonds is 6. The van der Waals surface area contributed by atoms with Crippen molar-refractivity contribution in [1.82, 2.24) is 5.32 Å². The standard InChI is InChI=1S/C18H29NO/c1-14(2)12-20-17-9-7-16(8-10-17)18(13-19-4)11-5-6-15(18)3/h7-10,14-15,19H,5-6,11-13H2,1-4H3. The van der Waals surface area contributed by atoms with Crippen LogP contribution in [0.2, 0.25) is 0 Å². The van der Waals surface area contributed by atoms with Crippen molar-refractivity contribution in [1.29, 1.82) is 0 Å². The maximum Gasteiger partial charge on any atom is 0.119 e. The average Bonchev–Trinajstić information content (AvgIpc) is 2.80. The second kappa shape index (κ2) is 6.62. The molecule has 1 aliphatic carbocycles. The monoisotopic (exact) mass is 275 g/mol. The van der Waals surface area contributed by atoms with Gasteiger partial charge in [-0.2, -0.15) is 0 Å². The van der Waals surface area contributed by atoms with Gasteiger partial charge in [-0.15, -0.1) is 0 Å². The molecule has 112 valence electrons. The van der Waals surface area contributed by atoms with Crippen LogP contribution in [-0.4, -0.2) is 20.2 Å². The summed E-state index contributed by atoms with van der Waals surface area (Å²) in [5, 5.41) is 3.40. The number of nitrogens with one attached hydrogen (secondary N) is 1. The Bertz CT molecular complexity index is 412. The summed E-state index contributed by atoms with van der Waals surface area (Å²) in [4.78, 5) is 0. The highest BCUT2D eigenvalue weighted by atomic mass is 16.5. The molecule has 2 heteroatoms. The summed E-state index contributed by atoms with van der Waals surface area (Å²) < 4.78 is 5.79. The van der Waals surface area contributed by atoms with Crippen molar-refractivity contribution in [3.05, 3.63) is 29.8 Å². The molecule has 2 rings (SSSR count). The van der Waals surface area contributed by atoms with Crippen LogP contribution in [0.5, 0.6) is 5.75 Å². The fraction of sp³-hybridized carbons (Fsp3) is 0.667. The summed E-state index contributed by atoms with van der Waals surface area (Å²) >= 11 is 0. The maximum absolute atomic E-state index is 5.79. The minimum atomic E-state index is 0.311. The van der Waals surface area contributed by atoms with Gasteiger partial charge >= 0.3 is 0 Å². The molecule has 1 aromatic carbocycles. The largest absolute Gasteiger partial charge is 0.493 e. The Morgan fingerprint density at radius 1 is 1.30 bits per heavy atom. The zero-order valence-corrected chi connectivity index (χ0v) is 13.4. The van der Waals surface area contributed by atoms with E-state index in [1.165, 1.54) is 24.8 Å². The molecule has 0 spiro atoms. The molecule has 2 atom stereocenters. The normalized spacial score (nSPS) is 26.1. The minimum Gasteiger partial charge on any atom is -0.493 e. The molecule has 1 fully saturated rings. The summed E-state index contributed by atoms with van der Waals surface area (Å²) in [6, 6.07) is 8.82. The fourth-order valence-corrected chi connectivity index (χ4v) is 3.50. The first-order valence-electron chi connectivity index (χ1n) is 7.96. The van der Waals surface area contributed by atoms with Gasteiger partial charge in [0.1, 0.15) is 5.75 Å². The van der Waals surface area contributed by atoms with Gasteiger partial charge in [-0.05, 0) is 49.4 Å². The molecular formula is C18H29NO. The van der Waals surface area contributed by atoms with Gasteiger partial charge in [0, 0.05) is 12.0 Å². The van der Waals surface area contributed by atoms with Gasteiger partial charge in [0.2, 0.25) is 0 Å². The van der Waals surface area contributed by atoms with Crippen LogP contribution < -0.4 is 10.1 Å². The Kier molecular flexibility index (Phi) is 5.09. The lowest BCUT2D eigenvalue weighted by atomic mass is 9.73. The summed E-state index contributed by atoms with van der Waals surface area (Å²) in [5.74, 6) is 2.31. The average molecular weight is 275 g/mol. The number of likely N-dealkylation sites (N-methyl/N-ethyl adjacent to an activating group) is 1. The van der Waals surface area contributed by atoms with E-state index in [0.29, 0.717) is 11.3 Å². The van der Waals surface area contributed by atoms with E-state index < -0.39 is 0 Å². The van der Waals surface area contributed by atoms with Crippen LogP contribution in [0.4, 0.5) is 0 Å². The molecule has 2 unspecified atom stereocenters. The molecule has 0 aromatic heterocycles. The van der Waals surface area contributed by atoms with E-state index in [9.17, 15) is 0 Å². The van der Waals surface area contributed by atoms with Gasteiger partial charge in [-0.3, -0.25) is 0 Å². The molecule has 0 amide bonds. The van der Waals surface area contributed by atoms with E-state index in [4.69, 9.17) is 4.74 Å². The van der Waals surface area contributed by atoms with Crippen LogP contribution in [0.25, 0.3) is 0 Å². The number of hydrogen-bond donors (Lipinski definition) is 1. The Morgan fingerprint density at radius 2 is 2.00 bits per heavy atom. The summed E-state index contributed by atoms with van der Waals surface area (Å²) in [6.07, 6.45) is 3.98. The van der Waals surface area contributed by atoms with Crippen molar-refractivity contribution >= 4 is 0 Å². The topological polar surface area (TPSA) is 21.3 Å². The van der Waals surface area contributed by atoms with Crippen LogP contribution in [0.15, 0.2) is 24.3 Å². The molecule has 1 N–H and O–H groups in total. The third-order valence-corrected chi connectivity index (χ3v) is 4.71. The van der Waals surface area contributed by atoms with E-state index in [0.717, 1.165) is 24.8 Å².